The zero-order valence-electron chi connectivity index (χ0n) is 10.6. The van der Waals surface area contributed by atoms with E-state index in [1.165, 1.54) is 19.3 Å². The summed E-state index contributed by atoms with van der Waals surface area (Å²) in [6, 6.07) is 0.686. The topological polar surface area (TPSA) is 76.9 Å². The molecule has 0 amide bonds. The maximum absolute atomic E-state index is 10.7. The molecule has 5 nitrogen and oxygen atoms in total. The van der Waals surface area contributed by atoms with E-state index in [1.807, 2.05) is 12.5 Å². The summed E-state index contributed by atoms with van der Waals surface area (Å²) in [5, 5.41) is 0. The fourth-order valence-corrected chi connectivity index (χ4v) is 1.43. The SMILES string of the molecule is CCCC(CC)[n+]1cc[nH]c1.O=S(=O)([O-])C(F)(F)F. The van der Waals surface area contributed by atoms with Gasteiger partial charge in [0.15, 0.2) is 10.1 Å². The van der Waals surface area contributed by atoms with Crippen molar-refractivity contribution in [2.45, 2.75) is 44.7 Å². The van der Waals surface area contributed by atoms with Crippen LogP contribution in [0.4, 0.5) is 13.2 Å². The van der Waals surface area contributed by atoms with Crippen LogP contribution in [0.2, 0.25) is 0 Å². The molecular formula is C10H17F3N2O3S. The lowest BCUT2D eigenvalue weighted by Crippen LogP contribution is -2.36. The number of imidazole rings is 1. The Bertz CT molecular complexity index is 443. The summed E-state index contributed by atoms with van der Waals surface area (Å²) in [7, 11) is -6.09. The van der Waals surface area contributed by atoms with E-state index in [0.717, 1.165) is 0 Å². The zero-order chi connectivity index (χ0) is 15.1. The van der Waals surface area contributed by atoms with Crippen LogP contribution in [-0.4, -0.2) is 23.5 Å². The van der Waals surface area contributed by atoms with E-state index >= 15 is 0 Å². The Hall–Kier alpha value is -1.09. The van der Waals surface area contributed by atoms with Gasteiger partial charge in [0.25, 0.3) is 0 Å². The molecule has 0 saturated heterocycles. The van der Waals surface area contributed by atoms with Crippen LogP contribution in [0.25, 0.3) is 0 Å². The molecule has 1 atom stereocenters. The Morgan fingerprint density at radius 2 is 1.89 bits per heavy atom. The maximum atomic E-state index is 10.7. The van der Waals surface area contributed by atoms with Gasteiger partial charge in [-0.15, -0.1) is 0 Å². The molecule has 19 heavy (non-hydrogen) atoms. The van der Waals surface area contributed by atoms with Gasteiger partial charge < -0.3 is 4.55 Å². The van der Waals surface area contributed by atoms with E-state index in [2.05, 4.69) is 29.6 Å². The molecule has 0 aliphatic carbocycles. The van der Waals surface area contributed by atoms with Gasteiger partial charge in [-0.3, -0.25) is 4.98 Å². The van der Waals surface area contributed by atoms with Gasteiger partial charge in [0.2, 0.25) is 6.33 Å². The number of hydrogen-bond acceptors (Lipinski definition) is 3. The van der Waals surface area contributed by atoms with Gasteiger partial charge in [0.1, 0.15) is 18.4 Å². The third kappa shape index (κ3) is 6.58. The van der Waals surface area contributed by atoms with E-state index in [-0.39, 0.29) is 0 Å². The Balaban J connectivity index is 0.000000362. The minimum atomic E-state index is -6.09. The second-order valence-corrected chi connectivity index (χ2v) is 5.18. The predicted molar refractivity (Wildman–Crippen MR) is 61.0 cm³/mol. The van der Waals surface area contributed by atoms with Crippen molar-refractivity contribution in [2.75, 3.05) is 0 Å². The minimum absolute atomic E-state index is 0.686. The highest BCUT2D eigenvalue weighted by Gasteiger charge is 2.36. The van der Waals surface area contributed by atoms with Crippen molar-refractivity contribution in [3.8, 4) is 0 Å². The number of halogens is 3. The van der Waals surface area contributed by atoms with Gasteiger partial charge >= 0.3 is 5.51 Å². The molecule has 0 radical (unpaired) electrons. The molecule has 0 saturated carbocycles. The Morgan fingerprint density at radius 3 is 2.16 bits per heavy atom. The van der Waals surface area contributed by atoms with E-state index in [1.54, 1.807) is 0 Å². The first-order chi connectivity index (χ1) is 8.63. The number of nitrogens with zero attached hydrogens (tertiary/aromatic N) is 1. The van der Waals surface area contributed by atoms with Gasteiger partial charge in [-0.2, -0.15) is 13.2 Å². The number of alkyl halides is 3. The monoisotopic (exact) mass is 302 g/mol. The molecule has 0 aromatic carbocycles. The summed E-state index contributed by atoms with van der Waals surface area (Å²) < 4.78 is 61.2. The second-order valence-electron chi connectivity index (χ2n) is 3.81. The van der Waals surface area contributed by atoms with Crippen molar-refractivity contribution in [1.29, 1.82) is 0 Å². The lowest BCUT2D eigenvalue weighted by molar-refractivity contribution is -0.722. The predicted octanol–water partition coefficient (Wildman–Crippen LogP) is 2.10. The average molecular weight is 302 g/mol. The molecule has 1 aromatic rings. The first-order valence-corrected chi connectivity index (χ1v) is 7.10. The quantitative estimate of drug-likeness (QED) is 0.525. The molecule has 9 heteroatoms. The minimum Gasteiger partial charge on any atom is -0.741 e. The lowest BCUT2D eigenvalue weighted by Gasteiger charge is -2.08. The largest absolute Gasteiger partial charge is 0.741 e. The third-order valence-corrected chi connectivity index (χ3v) is 2.93. The first kappa shape index (κ1) is 17.9. The highest BCUT2D eigenvalue weighted by molar-refractivity contribution is 7.86. The molecule has 0 aliphatic rings. The standard InChI is InChI=1S/C9H16N2.CHF3O3S/c1-3-5-9(4-2)11-7-6-10-8-11;2-1(3,4)8(5,6)7/h6-9H,3-5H2,1-2H3;(H,5,6,7). The van der Waals surface area contributed by atoms with E-state index < -0.39 is 15.6 Å². The molecule has 1 heterocycles. The van der Waals surface area contributed by atoms with E-state index in [4.69, 9.17) is 13.0 Å². The van der Waals surface area contributed by atoms with Crippen LogP contribution in [0.5, 0.6) is 0 Å². The number of nitrogens with one attached hydrogen (secondary N) is 1. The van der Waals surface area contributed by atoms with Crippen LogP contribution in [0, 0.1) is 0 Å². The summed E-state index contributed by atoms with van der Waals surface area (Å²) >= 11 is 0. The normalized spacial score (nSPS) is 13.6. The van der Waals surface area contributed by atoms with E-state index in [0.29, 0.717) is 6.04 Å². The molecule has 1 unspecified atom stereocenters. The van der Waals surface area contributed by atoms with Gasteiger partial charge in [0, 0.05) is 0 Å². The summed E-state index contributed by atoms with van der Waals surface area (Å²) in [6.45, 7) is 4.47. The third-order valence-electron chi connectivity index (χ3n) is 2.36. The number of aromatic amines is 1. The van der Waals surface area contributed by atoms with Gasteiger partial charge in [-0.05, 0) is 12.8 Å². The smallest absolute Gasteiger partial charge is 0.485 e. The highest BCUT2D eigenvalue weighted by Crippen LogP contribution is 2.20. The number of rotatable bonds is 4. The summed E-state index contributed by atoms with van der Waals surface area (Å²) in [5.74, 6) is 0. The Labute approximate surface area is 110 Å². The number of hydrogen-bond donors (Lipinski definition) is 1. The van der Waals surface area contributed by atoms with Crippen molar-refractivity contribution in [3.05, 3.63) is 18.7 Å². The first-order valence-electron chi connectivity index (χ1n) is 5.69. The van der Waals surface area contributed by atoms with Crippen LogP contribution in [0.15, 0.2) is 18.7 Å². The van der Waals surface area contributed by atoms with Crippen LogP contribution in [0.3, 0.4) is 0 Å². The van der Waals surface area contributed by atoms with Gasteiger partial charge in [0.05, 0.1) is 0 Å². The molecule has 0 spiro atoms. The molecule has 0 fully saturated rings. The summed E-state index contributed by atoms with van der Waals surface area (Å²) in [4.78, 5) is 3.07. The van der Waals surface area contributed by atoms with Crippen molar-refractivity contribution >= 4 is 10.1 Å². The molecule has 0 bridgehead atoms. The lowest BCUT2D eigenvalue weighted by atomic mass is 10.1. The average Bonchev–Trinajstić information content (AvgIpc) is 2.77. The van der Waals surface area contributed by atoms with E-state index in [9.17, 15) is 13.2 Å². The molecule has 112 valence electrons. The van der Waals surface area contributed by atoms with Crippen molar-refractivity contribution in [3.63, 3.8) is 0 Å². The highest BCUT2D eigenvalue weighted by atomic mass is 32.2. The Kier molecular flexibility index (Phi) is 7.06. The molecule has 1 aromatic heterocycles. The van der Waals surface area contributed by atoms with Crippen LogP contribution < -0.4 is 4.57 Å². The molecule has 0 aliphatic heterocycles. The van der Waals surface area contributed by atoms with Crippen LogP contribution >= 0.6 is 0 Å². The zero-order valence-corrected chi connectivity index (χ0v) is 11.5. The van der Waals surface area contributed by atoms with Crippen LogP contribution in [-0.2, 0) is 10.1 Å². The van der Waals surface area contributed by atoms with Crippen molar-refractivity contribution in [1.82, 2.24) is 4.98 Å². The van der Waals surface area contributed by atoms with Gasteiger partial charge in [-0.25, -0.2) is 13.0 Å². The van der Waals surface area contributed by atoms with Crippen LogP contribution in [0.1, 0.15) is 39.2 Å². The maximum Gasteiger partial charge on any atom is 0.485 e. The molecular weight excluding hydrogens is 285 g/mol. The molecule has 1 rings (SSSR count). The van der Waals surface area contributed by atoms with Gasteiger partial charge in [-0.1, -0.05) is 20.3 Å². The second kappa shape index (κ2) is 7.49. The summed E-state index contributed by atoms with van der Waals surface area (Å²) in [5.41, 5.74) is -5.65. The van der Waals surface area contributed by atoms with Crippen molar-refractivity contribution < 1.29 is 30.7 Å². The number of aromatic nitrogens is 2. The fourth-order valence-electron chi connectivity index (χ4n) is 1.43. The Morgan fingerprint density at radius 1 is 1.37 bits per heavy atom. The summed E-state index contributed by atoms with van der Waals surface area (Å²) in [6.07, 6.45) is 9.86. The van der Waals surface area contributed by atoms with Crippen molar-refractivity contribution in [2.24, 2.45) is 0 Å². The fraction of sp³-hybridized carbons (Fsp3) is 0.700. The molecule has 1 N–H and O–H groups in total. The number of H-pyrrole nitrogens is 1.